The third-order valence-corrected chi connectivity index (χ3v) is 8.61. The summed E-state index contributed by atoms with van der Waals surface area (Å²) in [4.78, 5) is 0. The predicted octanol–water partition coefficient (Wildman–Crippen LogP) is 6.07. The minimum Gasteiger partial charge on any atom is -0.210 e. The van der Waals surface area contributed by atoms with Crippen LogP contribution in [-0.2, 0) is 5.41 Å². The minimum atomic E-state index is -0.0293. The summed E-state index contributed by atoms with van der Waals surface area (Å²) in [5, 5.41) is 0. The molecule has 4 aromatic rings. The van der Waals surface area contributed by atoms with Crippen LogP contribution < -0.4 is 4.57 Å². The smallest absolute Gasteiger partial charge is 0.210 e. The first-order valence-electron chi connectivity index (χ1n) is 12.5. The average Bonchev–Trinajstić information content (AvgIpc) is 3.20. The van der Waals surface area contributed by atoms with Crippen molar-refractivity contribution in [1.29, 1.82) is 0 Å². The van der Waals surface area contributed by atoms with Gasteiger partial charge in [-0.15, -0.1) is 0 Å². The number of hydrogen-bond donors (Lipinski definition) is 0. The summed E-state index contributed by atoms with van der Waals surface area (Å²) in [6.45, 7) is 4.75. The Morgan fingerprint density at radius 2 is 1.46 bits per heavy atom. The Kier molecular flexibility index (Phi) is 3.61. The molecule has 1 aliphatic carbocycles. The van der Waals surface area contributed by atoms with Crippen molar-refractivity contribution < 1.29 is 9.14 Å². The second-order valence-corrected chi connectivity index (χ2v) is 10.4. The zero-order chi connectivity index (χ0) is 23.3. The average molecular weight is 451 g/mol. The molecular formula is C33H26N2+2. The summed E-state index contributed by atoms with van der Waals surface area (Å²) in [5.74, 6) is 0. The molecule has 3 aliphatic heterocycles. The van der Waals surface area contributed by atoms with Gasteiger partial charge >= 0.3 is 0 Å². The maximum absolute atomic E-state index is 2.72. The molecule has 2 heteroatoms. The van der Waals surface area contributed by atoms with Crippen LogP contribution in [0.5, 0.6) is 0 Å². The summed E-state index contributed by atoms with van der Waals surface area (Å²) in [6.07, 6.45) is 4.72. The van der Waals surface area contributed by atoms with Crippen LogP contribution >= 0.6 is 0 Å². The molecule has 35 heavy (non-hydrogen) atoms. The lowest BCUT2D eigenvalue weighted by Gasteiger charge is -2.24. The van der Waals surface area contributed by atoms with Crippen molar-refractivity contribution in [3.05, 3.63) is 143 Å². The highest BCUT2D eigenvalue weighted by atomic mass is 15.2. The second-order valence-electron chi connectivity index (χ2n) is 10.4. The van der Waals surface area contributed by atoms with E-state index in [1.807, 2.05) is 0 Å². The van der Waals surface area contributed by atoms with Gasteiger partial charge in [-0.1, -0.05) is 54.6 Å². The molecule has 3 aromatic carbocycles. The molecule has 0 bridgehead atoms. The van der Waals surface area contributed by atoms with Crippen molar-refractivity contribution in [2.24, 2.45) is 0 Å². The van der Waals surface area contributed by atoms with Crippen molar-refractivity contribution >= 4 is 11.4 Å². The van der Waals surface area contributed by atoms with E-state index in [0.717, 1.165) is 0 Å². The van der Waals surface area contributed by atoms with Gasteiger partial charge in [-0.2, -0.15) is 4.57 Å². The van der Waals surface area contributed by atoms with Gasteiger partial charge in [0.2, 0.25) is 17.1 Å². The summed E-state index contributed by atoms with van der Waals surface area (Å²) in [6, 6.07) is 36.1. The van der Waals surface area contributed by atoms with Gasteiger partial charge in [-0.05, 0) is 55.8 Å². The normalized spacial score (nSPS) is 27.0. The third kappa shape index (κ3) is 2.30. The van der Waals surface area contributed by atoms with Crippen LogP contribution in [0.3, 0.4) is 0 Å². The van der Waals surface area contributed by atoms with Gasteiger partial charge in [-0.3, -0.25) is 0 Å². The zero-order valence-corrected chi connectivity index (χ0v) is 19.9. The molecule has 0 N–H and O–H groups in total. The van der Waals surface area contributed by atoms with E-state index in [-0.39, 0.29) is 11.5 Å². The molecule has 3 atom stereocenters. The minimum absolute atomic E-state index is 0.0293. The Hall–Kier alpha value is -4.04. The molecule has 0 saturated heterocycles. The highest BCUT2D eigenvalue weighted by molar-refractivity contribution is 6.10. The molecule has 1 aromatic heterocycles. The fourth-order valence-electron chi connectivity index (χ4n) is 7.15. The van der Waals surface area contributed by atoms with Crippen molar-refractivity contribution in [1.82, 2.24) is 0 Å². The lowest BCUT2D eigenvalue weighted by atomic mass is 9.85. The number of pyridine rings is 1. The third-order valence-electron chi connectivity index (χ3n) is 8.61. The van der Waals surface area contributed by atoms with E-state index in [9.17, 15) is 0 Å². The first-order valence-corrected chi connectivity index (χ1v) is 12.5. The number of rotatable bonds is 1. The molecule has 166 valence electrons. The fraction of sp³-hybridized carbons (Fsp3) is 0.152. The summed E-state index contributed by atoms with van der Waals surface area (Å²) >= 11 is 0. The SMILES string of the molecule is CC1=CC2c3ccccc3C3(C)/C(=C4/c5ccccc5-c5cccc[n+]54)C3[N+]2=C1c1ccccc1. The highest BCUT2D eigenvalue weighted by Gasteiger charge is 2.74. The highest BCUT2D eigenvalue weighted by Crippen LogP contribution is 2.65. The number of fused-ring (bicyclic) bond motifs is 9. The topological polar surface area (TPSA) is 6.89 Å². The van der Waals surface area contributed by atoms with Crippen molar-refractivity contribution in [2.45, 2.75) is 31.3 Å². The van der Waals surface area contributed by atoms with Crippen LogP contribution in [-0.4, -0.2) is 16.3 Å². The molecule has 0 spiro atoms. The second kappa shape index (κ2) is 6.55. The van der Waals surface area contributed by atoms with E-state index in [2.05, 4.69) is 132 Å². The van der Waals surface area contributed by atoms with Crippen molar-refractivity contribution in [3.8, 4) is 11.3 Å². The zero-order valence-electron chi connectivity index (χ0n) is 19.9. The van der Waals surface area contributed by atoms with Crippen molar-refractivity contribution in [2.75, 3.05) is 0 Å². The number of nitrogens with zero attached hydrogens (tertiary/aromatic N) is 2. The first-order chi connectivity index (χ1) is 17.2. The molecule has 0 amide bonds. The molecule has 2 nitrogen and oxygen atoms in total. The quantitative estimate of drug-likeness (QED) is 0.274. The van der Waals surface area contributed by atoms with E-state index in [1.54, 1.807) is 0 Å². The molecular weight excluding hydrogens is 424 g/mol. The molecule has 4 aliphatic rings. The van der Waals surface area contributed by atoms with Gasteiger partial charge in [0.15, 0.2) is 18.3 Å². The van der Waals surface area contributed by atoms with Crippen LogP contribution in [0.25, 0.3) is 17.0 Å². The predicted molar refractivity (Wildman–Crippen MR) is 139 cm³/mol. The van der Waals surface area contributed by atoms with Gasteiger partial charge in [0.25, 0.3) is 0 Å². The largest absolute Gasteiger partial charge is 0.226 e. The fourth-order valence-corrected chi connectivity index (χ4v) is 7.15. The van der Waals surface area contributed by atoms with Crippen LogP contribution in [0.4, 0.5) is 0 Å². The maximum atomic E-state index is 2.72. The van der Waals surface area contributed by atoms with E-state index in [1.165, 1.54) is 56.1 Å². The lowest BCUT2D eigenvalue weighted by Crippen LogP contribution is -2.33. The Morgan fingerprint density at radius 1 is 0.743 bits per heavy atom. The van der Waals surface area contributed by atoms with Crippen LogP contribution in [0.1, 0.15) is 42.1 Å². The Bertz CT molecular complexity index is 1620. The van der Waals surface area contributed by atoms with E-state index in [0.29, 0.717) is 6.04 Å². The van der Waals surface area contributed by atoms with Gasteiger partial charge in [0, 0.05) is 28.8 Å². The van der Waals surface area contributed by atoms with Crippen LogP contribution in [0.2, 0.25) is 0 Å². The Morgan fingerprint density at radius 3 is 2.31 bits per heavy atom. The summed E-state index contributed by atoms with van der Waals surface area (Å²) in [5.41, 5.74) is 13.8. The maximum Gasteiger partial charge on any atom is 0.226 e. The molecule has 1 saturated carbocycles. The Balaban J connectivity index is 1.48. The number of benzene rings is 3. The summed E-state index contributed by atoms with van der Waals surface area (Å²) < 4.78 is 5.15. The van der Waals surface area contributed by atoms with Gasteiger partial charge in [-0.25, -0.2) is 4.58 Å². The van der Waals surface area contributed by atoms with E-state index < -0.39 is 0 Å². The standard InChI is InChI=1S/C33H26N2/c1-21-20-28-25-16-8-9-17-26(25)33(2)29(32(33)35(28)30(21)22-12-4-3-5-13-22)31-24-15-7-6-14-23(24)27-18-10-11-19-34(27)31/h3-20,28,32H,1-2H3/q+2/b31-29-. The molecule has 8 rings (SSSR count). The van der Waals surface area contributed by atoms with Gasteiger partial charge in [0.05, 0.1) is 22.1 Å². The monoisotopic (exact) mass is 450 g/mol. The summed E-state index contributed by atoms with van der Waals surface area (Å²) in [7, 11) is 0. The number of allylic oxidation sites excluding steroid dienone is 1. The molecule has 1 fully saturated rings. The molecule has 3 unspecified atom stereocenters. The first kappa shape index (κ1) is 19.3. The Labute approximate surface area is 205 Å². The van der Waals surface area contributed by atoms with Crippen LogP contribution in [0.15, 0.2) is 120 Å². The van der Waals surface area contributed by atoms with Crippen molar-refractivity contribution in [3.63, 3.8) is 0 Å². The van der Waals surface area contributed by atoms with Gasteiger partial charge < -0.3 is 0 Å². The van der Waals surface area contributed by atoms with Gasteiger partial charge in [0.1, 0.15) is 0 Å². The lowest BCUT2D eigenvalue weighted by molar-refractivity contribution is -0.577. The van der Waals surface area contributed by atoms with Crippen LogP contribution in [0, 0.1) is 0 Å². The van der Waals surface area contributed by atoms with E-state index >= 15 is 0 Å². The molecule has 4 heterocycles. The number of aromatic nitrogens is 1. The van der Waals surface area contributed by atoms with E-state index in [4.69, 9.17) is 0 Å². The number of hydrogen-bond acceptors (Lipinski definition) is 0. The molecule has 0 radical (unpaired) electrons.